The molecule has 0 aliphatic carbocycles. The van der Waals surface area contributed by atoms with Crippen molar-refractivity contribution in [3.05, 3.63) is 23.9 Å². The van der Waals surface area contributed by atoms with Gasteiger partial charge in [-0.2, -0.15) is 0 Å². The first-order valence-corrected chi connectivity index (χ1v) is 5.47. The van der Waals surface area contributed by atoms with Crippen LogP contribution in [-0.2, 0) is 6.54 Å². The monoisotopic (exact) mass is 236 g/mol. The number of nitrogens with zero attached hydrogens (tertiary/aromatic N) is 4. The van der Waals surface area contributed by atoms with Gasteiger partial charge in [0.05, 0.1) is 5.69 Å². The Balaban J connectivity index is 2.87. The van der Waals surface area contributed by atoms with Crippen molar-refractivity contribution < 1.29 is 4.79 Å². The summed E-state index contributed by atoms with van der Waals surface area (Å²) in [6, 6.07) is 5.62. The number of anilines is 1. The number of carbonyl (C=O) groups excluding carboxylic acids is 1. The fraction of sp³-hybridized carbons (Fsp3) is 0.500. The fourth-order valence-corrected chi connectivity index (χ4v) is 1.46. The molecule has 1 aromatic heterocycles. The predicted octanol–water partition coefficient (Wildman–Crippen LogP) is 1.26. The predicted molar refractivity (Wildman–Crippen MR) is 69.1 cm³/mol. The first kappa shape index (κ1) is 13.4. The highest BCUT2D eigenvalue weighted by Gasteiger charge is 2.13. The SMILES string of the molecule is CN(C)Cc1cccc(N(C)C(=O)N(C)C)n1. The van der Waals surface area contributed by atoms with Gasteiger partial charge in [0, 0.05) is 27.7 Å². The van der Waals surface area contributed by atoms with E-state index in [-0.39, 0.29) is 6.03 Å². The summed E-state index contributed by atoms with van der Waals surface area (Å²) < 4.78 is 0. The summed E-state index contributed by atoms with van der Waals surface area (Å²) in [5, 5.41) is 0. The number of hydrogen-bond acceptors (Lipinski definition) is 3. The lowest BCUT2D eigenvalue weighted by Gasteiger charge is -2.21. The second kappa shape index (κ2) is 5.63. The van der Waals surface area contributed by atoms with Crippen molar-refractivity contribution in [1.82, 2.24) is 14.8 Å². The van der Waals surface area contributed by atoms with E-state index < -0.39 is 0 Å². The fourth-order valence-electron chi connectivity index (χ4n) is 1.46. The van der Waals surface area contributed by atoms with Gasteiger partial charge in [0.2, 0.25) is 0 Å². The van der Waals surface area contributed by atoms with Crippen LogP contribution < -0.4 is 4.90 Å². The topological polar surface area (TPSA) is 39.7 Å². The molecule has 0 atom stereocenters. The molecular weight excluding hydrogens is 216 g/mol. The van der Waals surface area contributed by atoms with Crippen LogP contribution in [0.5, 0.6) is 0 Å². The molecule has 2 amide bonds. The Hall–Kier alpha value is -1.62. The van der Waals surface area contributed by atoms with Gasteiger partial charge in [-0.3, -0.25) is 4.90 Å². The highest BCUT2D eigenvalue weighted by molar-refractivity contribution is 5.89. The van der Waals surface area contributed by atoms with Crippen molar-refractivity contribution in [3.8, 4) is 0 Å². The third-order valence-corrected chi connectivity index (χ3v) is 2.28. The van der Waals surface area contributed by atoms with E-state index in [1.165, 1.54) is 4.90 Å². The van der Waals surface area contributed by atoms with E-state index in [0.717, 1.165) is 12.2 Å². The number of urea groups is 1. The number of pyridine rings is 1. The zero-order valence-corrected chi connectivity index (χ0v) is 11.1. The maximum Gasteiger partial charge on any atom is 0.324 e. The maximum atomic E-state index is 11.8. The van der Waals surface area contributed by atoms with E-state index in [1.807, 2.05) is 37.2 Å². The number of aromatic nitrogens is 1. The molecule has 0 saturated carbocycles. The average molecular weight is 236 g/mol. The molecule has 0 N–H and O–H groups in total. The van der Waals surface area contributed by atoms with Crippen LogP contribution in [-0.4, -0.2) is 56.1 Å². The zero-order valence-electron chi connectivity index (χ0n) is 11.1. The molecule has 0 unspecified atom stereocenters. The van der Waals surface area contributed by atoms with Crippen molar-refractivity contribution in [2.24, 2.45) is 0 Å². The molecule has 0 aliphatic heterocycles. The standard InChI is InChI=1S/C12H20N4O/c1-14(2)9-10-7-6-8-11(13-10)16(5)12(17)15(3)4/h6-8H,9H2,1-5H3. The summed E-state index contributed by atoms with van der Waals surface area (Å²) in [5.74, 6) is 0.669. The summed E-state index contributed by atoms with van der Waals surface area (Å²) in [6.07, 6.45) is 0. The maximum absolute atomic E-state index is 11.8. The molecule has 1 aromatic rings. The zero-order chi connectivity index (χ0) is 13.0. The van der Waals surface area contributed by atoms with Crippen LogP contribution in [0.3, 0.4) is 0 Å². The Morgan fingerprint density at radius 3 is 2.35 bits per heavy atom. The van der Waals surface area contributed by atoms with Crippen LogP contribution >= 0.6 is 0 Å². The van der Waals surface area contributed by atoms with Gasteiger partial charge in [-0.25, -0.2) is 9.78 Å². The first-order valence-electron chi connectivity index (χ1n) is 5.47. The molecule has 0 spiro atoms. The van der Waals surface area contributed by atoms with E-state index in [4.69, 9.17) is 0 Å². The molecule has 5 heteroatoms. The van der Waals surface area contributed by atoms with Gasteiger partial charge < -0.3 is 9.80 Å². The van der Waals surface area contributed by atoms with Crippen LogP contribution in [0, 0.1) is 0 Å². The number of hydrogen-bond donors (Lipinski definition) is 0. The van der Waals surface area contributed by atoms with E-state index in [9.17, 15) is 4.79 Å². The lowest BCUT2D eigenvalue weighted by molar-refractivity contribution is 0.225. The molecule has 1 heterocycles. The van der Waals surface area contributed by atoms with Crippen LogP contribution in [0.1, 0.15) is 5.69 Å². The van der Waals surface area contributed by atoms with Crippen molar-refractivity contribution >= 4 is 11.8 Å². The minimum atomic E-state index is -0.0838. The highest BCUT2D eigenvalue weighted by Crippen LogP contribution is 2.11. The van der Waals surface area contributed by atoms with Gasteiger partial charge in [0.1, 0.15) is 5.82 Å². The third kappa shape index (κ3) is 3.71. The summed E-state index contributed by atoms with van der Waals surface area (Å²) in [4.78, 5) is 21.3. The molecule has 0 aliphatic rings. The normalized spacial score (nSPS) is 10.5. The molecule has 0 radical (unpaired) electrons. The van der Waals surface area contributed by atoms with Gasteiger partial charge >= 0.3 is 6.03 Å². The quantitative estimate of drug-likeness (QED) is 0.793. The largest absolute Gasteiger partial charge is 0.330 e. The van der Waals surface area contributed by atoms with Crippen LogP contribution in [0.25, 0.3) is 0 Å². The summed E-state index contributed by atoms with van der Waals surface area (Å²) in [6.45, 7) is 0.762. The molecule has 0 saturated heterocycles. The molecule has 0 bridgehead atoms. The van der Waals surface area contributed by atoms with Gasteiger partial charge in [-0.05, 0) is 26.2 Å². The number of carbonyl (C=O) groups is 1. The Kier molecular flexibility index (Phi) is 4.45. The number of rotatable bonds is 3. The Bertz CT molecular complexity index is 390. The smallest absolute Gasteiger partial charge is 0.324 e. The molecule has 1 rings (SSSR count). The van der Waals surface area contributed by atoms with Crippen molar-refractivity contribution in [1.29, 1.82) is 0 Å². The second-order valence-electron chi connectivity index (χ2n) is 4.46. The summed E-state index contributed by atoms with van der Waals surface area (Å²) >= 11 is 0. The molecule has 5 nitrogen and oxygen atoms in total. The minimum absolute atomic E-state index is 0.0838. The molecule has 0 aromatic carbocycles. The Labute approximate surface area is 103 Å². The van der Waals surface area contributed by atoms with E-state index in [2.05, 4.69) is 4.98 Å². The van der Waals surface area contributed by atoms with Crippen LogP contribution in [0.2, 0.25) is 0 Å². The van der Waals surface area contributed by atoms with Crippen LogP contribution in [0.15, 0.2) is 18.2 Å². The van der Waals surface area contributed by atoms with Gasteiger partial charge in [-0.15, -0.1) is 0 Å². The average Bonchev–Trinajstić information content (AvgIpc) is 2.26. The summed E-state index contributed by atoms with van der Waals surface area (Å²) in [7, 11) is 9.15. The van der Waals surface area contributed by atoms with Gasteiger partial charge in [-0.1, -0.05) is 6.07 Å². The lowest BCUT2D eigenvalue weighted by Crippen LogP contribution is -2.36. The van der Waals surface area contributed by atoms with Gasteiger partial charge in [0.25, 0.3) is 0 Å². The van der Waals surface area contributed by atoms with Crippen molar-refractivity contribution in [2.75, 3.05) is 40.1 Å². The first-order chi connectivity index (χ1) is 7.91. The molecule has 94 valence electrons. The summed E-state index contributed by atoms with van der Waals surface area (Å²) in [5.41, 5.74) is 0.950. The molecule has 0 fully saturated rings. The third-order valence-electron chi connectivity index (χ3n) is 2.28. The second-order valence-corrected chi connectivity index (χ2v) is 4.46. The van der Waals surface area contributed by atoms with E-state index in [0.29, 0.717) is 5.82 Å². The molecular formula is C12H20N4O. The van der Waals surface area contributed by atoms with Gasteiger partial charge in [0.15, 0.2) is 0 Å². The highest BCUT2D eigenvalue weighted by atomic mass is 16.2. The Morgan fingerprint density at radius 1 is 1.18 bits per heavy atom. The number of amides is 2. The molecule has 17 heavy (non-hydrogen) atoms. The van der Waals surface area contributed by atoms with Crippen molar-refractivity contribution in [3.63, 3.8) is 0 Å². The minimum Gasteiger partial charge on any atom is -0.330 e. The van der Waals surface area contributed by atoms with Crippen LogP contribution in [0.4, 0.5) is 10.6 Å². The Morgan fingerprint density at radius 2 is 1.82 bits per heavy atom. The lowest BCUT2D eigenvalue weighted by atomic mass is 10.3. The van der Waals surface area contributed by atoms with Crippen molar-refractivity contribution in [2.45, 2.75) is 6.54 Å². The van der Waals surface area contributed by atoms with E-state index in [1.54, 1.807) is 26.0 Å². The van der Waals surface area contributed by atoms with E-state index >= 15 is 0 Å².